The van der Waals surface area contributed by atoms with E-state index in [1.165, 1.54) is 0 Å². The molecule has 1 saturated heterocycles. The molecule has 0 radical (unpaired) electrons. The lowest BCUT2D eigenvalue weighted by molar-refractivity contribution is -0.129. The maximum absolute atomic E-state index is 13.1. The maximum Gasteiger partial charge on any atom is 0.232 e. The number of aryl methyl sites for hydroxylation is 1. The number of methoxy groups -OCH3 is 1. The highest BCUT2D eigenvalue weighted by Crippen LogP contribution is 2.33. The summed E-state index contributed by atoms with van der Waals surface area (Å²) in [5.41, 5.74) is 2.07. The number of fused-ring (bicyclic) bond motifs is 1. The van der Waals surface area contributed by atoms with Gasteiger partial charge in [0.2, 0.25) is 11.8 Å². The third-order valence-corrected chi connectivity index (χ3v) is 5.16. The number of hydrogen-bond acceptors (Lipinski definition) is 4. The van der Waals surface area contributed by atoms with Crippen LogP contribution in [-0.2, 0) is 22.6 Å². The van der Waals surface area contributed by atoms with E-state index in [0.717, 1.165) is 35.6 Å². The first-order valence-corrected chi connectivity index (χ1v) is 8.94. The van der Waals surface area contributed by atoms with Gasteiger partial charge in [0, 0.05) is 25.2 Å². The Morgan fingerprint density at radius 1 is 1.35 bits per heavy atom. The van der Waals surface area contributed by atoms with Crippen molar-refractivity contribution in [2.24, 2.45) is 5.92 Å². The molecule has 0 spiro atoms. The highest BCUT2D eigenvalue weighted by atomic mass is 16.5. The predicted octanol–water partition coefficient (Wildman–Crippen LogP) is 2.62. The molecule has 0 N–H and O–H groups in total. The minimum atomic E-state index is -0.300. The summed E-state index contributed by atoms with van der Waals surface area (Å²) in [5.74, 6) is 1.28. The summed E-state index contributed by atoms with van der Waals surface area (Å²) in [5, 5.41) is 0. The van der Waals surface area contributed by atoms with Gasteiger partial charge >= 0.3 is 0 Å². The topological polar surface area (TPSA) is 63.0 Å². The van der Waals surface area contributed by atoms with E-state index in [9.17, 15) is 9.59 Å². The van der Waals surface area contributed by atoms with Crippen LogP contribution in [0.15, 0.2) is 41.0 Å². The Balaban J connectivity index is 1.49. The number of nitrogens with zero attached hydrogens (tertiary/aromatic N) is 2. The summed E-state index contributed by atoms with van der Waals surface area (Å²) in [6.07, 6.45) is 3.71. The van der Waals surface area contributed by atoms with Crippen molar-refractivity contribution in [1.82, 2.24) is 4.90 Å². The molecular formula is C20H22N2O4. The molecule has 6 nitrogen and oxygen atoms in total. The second-order valence-corrected chi connectivity index (χ2v) is 6.84. The molecule has 1 aromatic carbocycles. The van der Waals surface area contributed by atoms with E-state index in [2.05, 4.69) is 0 Å². The summed E-state index contributed by atoms with van der Waals surface area (Å²) in [6.45, 7) is 1.56. The Hall–Kier alpha value is -2.76. The number of rotatable bonds is 4. The molecular weight excluding hydrogens is 332 g/mol. The van der Waals surface area contributed by atoms with Gasteiger partial charge in [0.15, 0.2) is 0 Å². The van der Waals surface area contributed by atoms with Crippen LogP contribution in [0, 0.1) is 5.92 Å². The van der Waals surface area contributed by atoms with Crippen LogP contribution in [0.5, 0.6) is 5.75 Å². The normalized spacial score (nSPS) is 19.6. The van der Waals surface area contributed by atoms with E-state index in [4.69, 9.17) is 9.15 Å². The second-order valence-electron chi connectivity index (χ2n) is 6.84. The van der Waals surface area contributed by atoms with E-state index in [-0.39, 0.29) is 24.2 Å². The van der Waals surface area contributed by atoms with Gasteiger partial charge in [-0.1, -0.05) is 0 Å². The number of benzene rings is 1. The fourth-order valence-electron chi connectivity index (χ4n) is 3.83. The number of carbonyl (C=O) groups excluding carboxylic acids is 2. The first-order valence-electron chi connectivity index (χ1n) is 8.94. The van der Waals surface area contributed by atoms with Crippen molar-refractivity contribution in [3.05, 3.63) is 47.9 Å². The molecule has 0 saturated carbocycles. The van der Waals surface area contributed by atoms with Gasteiger partial charge in [-0.15, -0.1) is 0 Å². The molecule has 136 valence electrons. The molecule has 3 heterocycles. The average Bonchev–Trinajstić information content (AvgIpc) is 3.30. The van der Waals surface area contributed by atoms with Gasteiger partial charge in [-0.3, -0.25) is 9.59 Å². The molecule has 4 rings (SSSR count). The van der Waals surface area contributed by atoms with Gasteiger partial charge in [-0.2, -0.15) is 0 Å². The summed E-state index contributed by atoms with van der Waals surface area (Å²) in [7, 11) is 1.64. The number of hydrogen-bond donors (Lipinski definition) is 0. The number of amides is 2. The van der Waals surface area contributed by atoms with Crippen LogP contribution in [-0.4, -0.2) is 36.9 Å². The Morgan fingerprint density at radius 3 is 3.00 bits per heavy atom. The Bertz CT molecular complexity index is 815. The van der Waals surface area contributed by atoms with E-state index < -0.39 is 0 Å². The van der Waals surface area contributed by atoms with Crippen molar-refractivity contribution in [2.75, 3.05) is 25.1 Å². The Kier molecular flexibility index (Phi) is 4.41. The highest BCUT2D eigenvalue weighted by molar-refractivity contribution is 5.99. The third-order valence-electron chi connectivity index (χ3n) is 5.16. The lowest BCUT2D eigenvalue weighted by Gasteiger charge is -2.31. The Labute approximate surface area is 152 Å². The van der Waals surface area contributed by atoms with E-state index in [1.54, 1.807) is 24.3 Å². The molecule has 1 aromatic heterocycles. The second kappa shape index (κ2) is 6.86. The molecule has 6 heteroatoms. The van der Waals surface area contributed by atoms with Crippen LogP contribution in [0.3, 0.4) is 0 Å². The minimum absolute atomic E-state index is 0.00622. The fourth-order valence-corrected chi connectivity index (χ4v) is 3.83. The minimum Gasteiger partial charge on any atom is -0.497 e. The smallest absolute Gasteiger partial charge is 0.232 e. The Morgan fingerprint density at radius 2 is 2.23 bits per heavy atom. The third kappa shape index (κ3) is 3.07. The first-order chi connectivity index (χ1) is 12.7. The monoisotopic (exact) mass is 354 g/mol. The molecule has 1 atom stereocenters. The van der Waals surface area contributed by atoms with Crippen LogP contribution < -0.4 is 9.64 Å². The van der Waals surface area contributed by atoms with E-state index in [1.807, 2.05) is 29.2 Å². The zero-order valence-corrected chi connectivity index (χ0v) is 14.8. The van der Waals surface area contributed by atoms with Crippen molar-refractivity contribution >= 4 is 17.5 Å². The molecule has 26 heavy (non-hydrogen) atoms. The zero-order valence-electron chi connectivity index (χ0n) is 14.8. The number of carbonyl (C=O) groups is 2. The van der Waals surface area contributed by atoms with Gasteiger partial charge < -0.3 is 19.0 Å². The van der Waals surface area contributed by atoms with Gasteiger partial charge in [-0.05, 0) is 48.7 Å². The van der Waals surface area contributed by atoms with Gasteiger partial charge in [0.05, 0.1) is 25.8 Å². The number of furan rings is 1. The van der Waals surface area contributed by atoms with Crippen LogP contribution in [0.4, 0.5) is 5.69 Å². The largest absolute Gasteiger partial charge is 0.497 e. The first kappa shape index (κ1) is 16.7. The lowest BCUT2D eigenvalue weighted by atomic mass is 9.98. The maximum atomic E-state index is 13.1. The molecule has 2 aromatic rings. The van der Waals surface area contributed by atoms with Crippen LogP contribution >= 0.6 is 0 Å². The van der Waals surface area contributed by atoms with Gasteiger partial charge in [0.1, 0.15) is 11.5 Å². The summed E-state index contributed by atoms with van der Waals surface area (Å²) < 4.78 is 10.6. The van der Waals surface area contributed by atoms with Crippen molar-refractivity contribution in [2.45, 2.75) is 25.8 Å². The average molecular weight is 354 g/mol. The van der Waals surface area contributed by atoms with Crippen LogP contribution in [0.1, 0.15) is 24.2 Å². The summed E-state index contributed by atoms with van der Waals surface area (Å²) >= 11 is 0. The number of anilines is 1. The molecule has 2 aliphatic heterocycles. The highest BCUT2D eigenvalue weighted by Gasteiger charge is 2.38. The van der Waals surface area contributed by atoms with Crippen molar-refractivity contribution < 1.29 is 18.7 Å². The summed E-state index contributed by atoms with van der Waals surface area (Å²) in [4.78, 5) is 29.0. The van der Waals surface area contributed by atoms with E-state index in [0.29, 0.717) is 19.6 Å². The SMILES string of the molecule is COc1ccc2c(c1)CCCN2C(=O)[C@@H]1CC(=O)N(Cc2ccco2)C1. The van der Waals surface area contributed by atoms with E-state index >= 15 is 0 Å². The molecule has 0 aliphatic carbocycles. The molecule has 0 unspecified atom stereocenters. The zero-order chi connectivity index (χ0) is 18.1. The van der Waals surface area contributed by atoms with Gasteiger partial charge in [0.25, 0.3) is 0 Å². The van der Waals surface area contributed by atoms with Crippen LogP contribution in [0.25, 0.3) is 0 Å². The number of likely N-dealkylation sites (tertiary alicyclic amines) is 1. The molecule has 2 amide bonds. The predicted molar refractivity (Wildman–Crippen MR) is 95.9 cm³/mol. The van der Waals surface area contributed by atoms with Gasteiger partial charge in [-0.25, -0.2) is 0 Å². The molecule has 2 aliphatic rings. The van der Waals surface area contributed by atoms with Crippen LogP contribution in [0.2, 0.25) is 0 Å². The van der Waals surface area contributed by atoms with Crippen molar-refractivity contribution in [3.63, 3.8) is 0 Å². The van der Waals surface area contributed by atoms with Crippen molar-refractivity contribution in [1.29, 1.82) is 0 Å². The fraction of sp³-hybridized carbons (Fsp3) is 0.400. The standard InChI is InChI=1S/C20H22N2O4/c1-25-16-6-7-18-14(10-16)4-2-8-22(18)20(24)15-11-19(23)21(12-15)13-17-5-3-9-26-17/h3,5-7,9-10,15H,2,4,8,11-13H2,1H3/t15-/m1/s1. The quantitative estimate of drug-likeness (QED) is 0.847. The lowest BCUT2D eigenvalue weighted by Crippen LogP contribution is -2.40. The summed E-state index contributed by atoms with van der Waals surface area (Å²) in [6, 6.07) is 9.47. The molecule has 0 bridgehead atoms. The molecule has 1 fully saturated rings. The number of ether oxygens (including phenoxy) is 1. The van der Waals surface area contributed by atoms with Crippen molar-refractivity contribution in [3.8, 4) is 5.75 Å².